The fraction of sp³-hybridized carbons (Fsp3) is 0.278. The van der Waals surface area contributed by atoms with Crippen molar-refractivity contribution in [3.05, 3.63) is 54.4 Å². The lowest BCUT2D eigenvalue weighted by molar-refractivity contribution is 0.296. The van der Waals surface area contributed by atoms with E-state index in [-0.39, 0.29) is 6.61 Å². The Kier molecular flexibility index (Phi) is 5.20. The van der Waals surface area contributed by atoms with E-state index in [0.717, 1.165) is 34.7 Å². The molecule has 0 bridgehead atoms. The van der Waals surface area contributed by atoms with Gasteiger partial charge in [0.05, 0.1) is 17.6 Å². The second-order valence-electron chi connectivity index (χ2n) is 5.38. The average Bonchev–Trinajstić information content (AvgIpc) is 2.91. The number of aryl methyl sites for hydroxylation is 1. The highest BCUT2D eigenvalue weighted by Crippen LogP contribution is 2.21. The highest BCUT2D eigenvalue weighted by atomic mass is 32.2. The number of aliphatic hydroxyl groups excluding tert-OH is 1. The van der Waals surface area contributed by atoms with Crippen LogP contribution in [-0.4, -0.2) is 27.0 Å². The second-order valence-corrected chi connectivity index (χ2v) is 6.55. The standard InChI is InChI=1S/C18H21N3OS/c1-21-17-6-3-2-5-16(17)20-18(21)13-19-14-7-9-15(10-8-14)23-12-4-11-22/h2-3,5-10,19,22H,4,11-13H2,1H3. The van der Waals surface area contributed by atoms with Crippen molar-refractivity contribution in [2.45, 2.75) is 17.9 Å². The van der Waals surface area contributed by atoms with Crippen LogP contribution in [0.25, 0.3) is 11.0 Å². The molecule has 4 nitrogen and oxygen atoms in total. The molecule has 1 aromatic heterocycles. The number of thioether (sulfide) groups is 1. The highest BCUT2D eigenvalue weighted by molar-refractivity contribution is 7.99. The third-order valence-electron chi connectivity index (χ3n) is 3.76. The third kappa shape index (κ3) is 3.86. The highest BCUT2D eigenvalue weighted by Gasteiger charge is 2.06. The molecule has 0 saturated heterocycles. The molecule has 0 unspecified atom stereocenters. The average molecular weight is 327 g/mol. The molecule has 3 aromatic rings. The molecule has 1 heterocycles. The van der Waals surface area contributed by atoms with Crippen molar-refractivity contribution in [1.29, 1.82) is 0 Å². The molecule has 0 fully saturated rings. The van der Waals surface area contributed by atoms with Crippen LogP contribution in [0.4, 0.5) is 5.69 Å². The second kappa shape index (κ2) is 7.53. The minimum atomic E-state index is 0.255. The van der Waals surface area contributed by atoms with Gasteiger partial charge in [-0.2, -0.15) is 0 Å². The topological polar surface area (TPSA) is 50.1 Å². The largest absolute Gasteiger partial charge is 0.396 e. The van der Waals surface area contributed by atoms with E-state index in [4.69, 9.17) is 5.11 Å². The molecule has 0 atom stereocenters. The number of anilines is 1. The molecule has 0 aliphatic carbocycles. The maximum absolute atomic E-state index is 8.81. The zero-order chi connectivity index (χ0) is 16.1. The van der Waals surface area contributed by atoms with E-state index in [1.165, 1.54) is 4.90 Å². The molecule has 0 amide bonds. The number of nitrogens with zero attached hydrogens (tertiary/aromatic N) is 2. The summed E-state index contributed by atoms with van der Waals surface area (Å²) in [4.78, 5) is 5.90. The van der Waals surface area contributed by atoms with Gasteiger partial charge in [0.15, 0.2) is 0 Å². The van der Waals surface area contributed by atoms with Gasteiger partial charge in [-0.3, -0.25) is 0 Å². The fourth-order valence-electron chi connectivity index (χ4n) is 2.46. The Morgan fingerprint density at radius 1 is 1.13 bits per heavy atom. The van der Waals surface area contributed by atoms with Crippen LogP contribution >= 0.6 is 11.8 Å². The Balaban J connectivity index is 1.62. The first-order valence-corrected chi connectivity index (χ1v) is 8.74. The summed E-state index contributed by atoms with van der Waals surface area (Å²) in [6.45, 7) is 0.951. The van der Waals surface area contributed by atoms with E-state index in [1.54, 1.807) is 11.8 Å². The van der Waals surface area contributed by atoms with Crippen molar-refractivity contribution in [3.63, 3.8) is 0 Å². The van der Waals surface area contributed by atoms with E-state index in [1.807, 2.05) is 25.2 Å². The van der Waals surface area contributed by atoms with Crippen LogP contribution < -0.4 is 5.32 Å². The van der Waals surface area contributed by atoms with Crippen molar-refractivity contribution < 1.29 is 5.11 Å². The first kappa shape index (κ1) is 15.9. The van der Waals surface area contributed by atoms with Crippen molar-refractivity contribution in [3.8, 4) is 0 Å². The van der Waals surface area contributed by atoms with Crippen LogP contribution in [-0.2, 0) is 13.6 Å². The Morgan fingerprint density at radius 3 is 2.65 bits per heavy atom. The van der Waals surface area contributed by atoms with Crippen LogP contribution in [0, 0.1) is 0 Å². The van der Waals surface area contributed by atoms with Crippen LogP contribution in [0.15, 0.2) is 53.4 Å². The molecule has 0 aliphatic rings. The van der Waals surface area contributed by atoms with Crippen LogP contribution in [0.2, 0.25) is 0 Å². The number of aliphatic hydroxyl groups is 1. The van der Waals surface area contributed by atoms with Gasteiger partial charge in [-0.1, -0.05) is 12.1 Å². The van der Waals surface area contributed by atoms with Crippen LogP contribution in [0.1, 0.15) is 12.2 Å². The van der Waals surface area contributed by atoms with Gasteiger partial charge in [0, 0.05) is 30.0 Å². The first-order chi connectivity index (χ1) is 11.3. The number of nitrogens with one attached hydrogen (secondary N) is 1. The van der Waals surface area contributed by atoms with Gasteiger partial charge < -0.3 is 15.0 Å². The molecule has 0 saturated carbocycles. The van der Waals surface area contributed by atoms with Crippen molar-refractivity contribution in [1.82, 2.24) is 9.55 Å². The Bertz CT molecular complexity index is 768. The quantitative estimate of drug-likeness (QED) is 0.514. The lowest BCUT2D eigenvalue weighted by Gasteiger charge is -2.08. The van der Waals surface area contributed by atoms with Gasteiger partial charge >= 0.3 is 0 Å². The van der Waals surface area contributed by atoms with Gasteiger partial charge in [0.25, 0.3) is 0 Å². The van der Waals surface area contributed by atoms with Gasteiger partial charge in [-0.05, 0) is 42.8 Å². The van der Waals surface area contributed by atoms with Gasteiger partial charge in [-0.15, -0.1) is 11.8 Å². The Morgan fingerprint density at radius 2 is 1.91 bits per heavy atom. The van der Waals surface area contributed by atoms with E-state index in [9.17, 15) is 0 Å². The molecule has 23 heavy (non-hydrogen) atoms. The lowest BCUT2D eigenvalue weighted by Crippen LogP contribution is -2.05. The predicted octanol–water partition coefficient (Wildman–Crippen LogP) is 3.66. The predicted molar refractivity (Wildman–Crippen MR) is 96.9 cm³/mol. The minimum absolute atomic E-state index is 0.255. The maximum Gasteiger partial charge on any atom is 0.128 e. The zero-order valence-corrected chi connectivity index (χ0v) is 14.0. The Hall–Kier alpha value is -1.98. The molecule has 5 heteroatoms. The zero-order valence-electron chi connectivity index (χ0n) is 13.2. The number of rotatable bonds is 7. The van der Waals surface area contributed by atoms with E-state index in [0.29, 0.717) is 6.54 Å². The molecule has 3 rings (SSSR count). The summed E-state index contributed by atoms with van der Waals surface area (Å²) >= 11 is 1.77. The summed E-state index contributed by atoms with van der Waals surface area (Å²) in [5.74, 6) is 1.97. The number of imidazole rings is 1. The fourth-order valence-corrected chi connectivity index (χ4v) is 3.30. The third-order valence-corrected chi connectivity index (χ3v) is 4.85. The summed E-state index contributed by atoms with van der Waals surface area (Å²) < 4.78 is 2.13. The summed E-state index contributed by atoms with van der Waals surface area (Å²) in [5.41, 5.74) is 3.27. The van der Waals surface area contributed by atoms with Gasteiger partial charge in [-0.25, -0.2) is 4.98 Å². The Labute approximate surface area is 140 Å². The molecule has 2 aromatic carbocycles. The number of aromatic nitrogens is 2. The number of hydrogen-bond donors (Lipinski definition) is 2. The smallest absolute Gasteiger partial charge is 0.128 e. The SMILES string of the molecule is Cn1c(CNc2ccc(SCCCO)cc2)nc2ccccc21. The molecule has 0 aliphatic heterocycles. The maximum atomic E-state index is 8.81. The van der Waals surface area contributed by atoms with E-state index in [2.05, 4.69) is 45.2 Å². The first-order valence-electron chi connectivity index (χ1n) is 7.76. The van der Waals surface area contributed by atoms with E-state index < -0.39 is 0 Å². The summed E-state index contributed by atoms with van der Waals surface area (Å²) in [5, 5.41) is 12.2. The number of para-hydroxylation sites is 2. The molecular formula is C18H21N3OS. The van der Waals surface area contributed by atoms with Crippen molar-refractivity contribution in [2.75, 3.05) is 17.7 Å². The van der Waals surface area contributed by atoms with Gasteiger partial charge in [0.2, 0.25) is 0 Å². The lowest BCUT2D eigenvalue weighted by atomic mass is 10.3. The number of benzene rings is 2. The summed E-state index contributed by atoms with van der Waals surface area (Å²) in [7, 11) is 2.05. The molecule has 2 N–H and O–H groups in total. The normalized spacial score (nSPS) is 11.0. The molecule has 0 radical (unpaired) electrons. The van der Waals surface area contributed by atoms with Crippen molar-refractivity contribution >= 4 is 28.5 Å². The number of hydrogen-bond acceptors (Lipinski definition) is 4. The van der Waals surface area contributed by atoms with E-state index >= 15 is 0 Å². The molecular weight excluding hydrogens is 306 g/mol. The molecule has 120 valence electrons. The monoisotopic (exact) mass is 327 g/mol. The molecule has 0 spiro atoms. The summed E-state index contributed by atoms with van der Waals surface area (Å²) in [6.07, 6.45) is 0.831. The summed E-state index contributed by atoms with van der Waals surface area (Å²) in [6, 6.07) is 16.6. The van der Waals surface area contributed by atoms with Gasteiger partial charge in [0.1, 0.15) is 5.82 Å². The van der Waals surface area contributed by atoms with Crippen molar-refractivity contribution in [2.24, 2.45) is 7.05 Å². The van der Waals surface area contributed by atoms with Crippen LogP contribution in [0.3, 0.4) is 0 Å². The number of fused-ring (bicyclic) bond motifs is 1. The minimum Gasteiger partial charge on any atom is -0.396 e. The van der Waals surface area contributed by atoms with Crippen LogP contribution in [0.5, 0.6) is 0 Å².